The number of hydrogen-bond donors (Lipinski definition) is 0. The lowest BCUT2D eigenvalue weighted by atomic mass is 10.2. The SMILES string of the molecule is CCN1C(=O)CS[C@H]1c1cn(Cc2ccccc2)nn1. The standard InChI is InChI=1S/C14H16N4OS/c1-2-18-13(19)10-20-14(18)12-9-17(16-15-12)8-11-6-4-3-5-7-11/h3-7,9,14H,2,8,10H2,1H3/t14-/m0/s1. The predicted octanol–water partition coefficient (Wildman–Crippen LogP) is 1.92. The zero-order valence-electron chi connectivity index (χ0n) is 11.3. The van der Waals surface area contributed by atoms with Gasteiger partial charge in [-0.05, 0) is 12.5 Å². The summed E-state index contributed by atoms with van der Waals surface area (Å²) in [4.78, 5) is 13.6. The Morgan fingerprint density at radius 2 is 2.15 bits per heavy atom. The largest absolute Gasteiger partial charge is 0.324 e. The van der Waals surface area contributed by atoms with Crippen molar-refractivity contribution < 1.29 is 4.79 Å². The summed E-state index contributed by atoms with van der Waals surface area (Å²) in [6, 6.07) is 10.1. The van der Waals surface area contributed by atoms with Gasteiger partial charge in [-0.2, -0.15) is 0 Å². The van der Waals surface area contributed by atoms with Crippen LogP contribution < -0.4 is 0 Å². The van der Waals surface area contributed by atoms with Gasteiger partial charge in [0.25, 0.3) is 0 Å². The Hall–Kier alpha value is -1.82. The lowest BCUT2D eigenvalue weighted by Gasteiger charge is -2.19. The number of thioether (sulfide) groups is 1. The Morgan fingerprint density at radius 1 is 1.35 bits per heavy atom. The number of aromatic nitrogens is 3. The van der Waals surface area contributed by atoms with Gasteiger partial charge in [0.2, 0.25) is 5.91 Å². The third kappa shape index (κ3) is 2.56. The van der Waals surface area contributed by atoms with Gasteiger partial charge in [-0.1, -0.05) is 35.5 Å². The van der Waals surface area contributed by atoms with Crippen molar-refractivity contribution in [3.63, 3.8) is 0 Å². The fourth-order valence-electron chi connectivity index (χ4n) is 2.32. The normalized spacial score (nSPS) is 18.8. The van der Waals surface area contributed by atoms with E-state index in [4.69, 9.17) is 0 Å². The number of carbonyl (C=O) groups is 1. The van der Waals surface area contributed by atoms with E-state index in [2.05, 4.69) is 22.4 Å². The summed E-state index contributed by atoms with van der Waals surface area (Å²) in [5.41, 5.74) is 2.05. The van der Waals surface area contributed by atoms with E-state index < -0.39 is 0 Å². The fraction of sp³-hybridized carbons (Fsp3) is 0.357. The van der Waals surface area contributed by atoms with Gasteiger partial charge in [-0.25, -0.2) is 4.68 Å². The van der Waals surface area contributed by atoms with E-state index in [0.29, 0.717) is 18.8 Å². The van der Waals surface area contributed by atoms with Gasteiger partial charge in [0.1, 0.15) is 11.1 Å². The number of hydrogen-bond acceptors (Lipinski definition) is 4. The number of carbonyl (C=O) groups excluding carboxylic acids is 1. The summed E-state index contributed by atoms with van der Waals surface area (Å²) in [6.45, 7) is 3.40. The van der Waals surface area contributed by atoms with Gasteiger partial charge in [0, 0.05) is 6.54 Å². The molecule has 0 aliphatic carbocycles. The summed E-state index contributed by atoms with van der Waals surface area (Å²) >= 11 is 1.62. The molecule has 1 aliphatic rings. The van der Waals surface area contributed by atoms with Crippen LogP contribution in [-0.4, -0.2) is 38.1 Å². The first-order valence-electron chi connectivity index (χ1n) is 6.63. The molecule has 0 radical (unpaired) electrons. The van der Waals surface area contributed by atoms with E-state index in [9.17, 15) is 4.79 Å². The van der Waals surface area contributed by atoms with Crippen molar-refractivity contribution in [2.75, 3.05) is 12.3 Å². The number of amides is 1. The fourth-order valence-corrected chi connectivity index (χ4v) is 3.51. The lowest BCUT2D eigenvalue weighted by Crippen LogP contribution is -2.27. The van der Waals surface area contributed by atoms with Crippen molar-refractivity contribution in [2.45, 2.75) is 18.8 Å². The van der Waals surface area contributed by atoms with Crippen LogP contribution in [0.4, 0.5) is 0 Å². The maximum atomic E-state index is 11.7. The molecule has 0 bridgehead atoms. The molecule has 3 rings (SSSR count). The van der Waals surface area contributed by atoms with Gasteiger partial charge >= 0.3 is 0 Å². The van der Waals surface area contributed by atoms with E-state index in [1.807, 2.05) is 40.9 Å². The van der Waals surface area contributed by atoms with Crippen LogP contribution in [0.1, 0.15) is 23.6 Å². The highest BCUT2D eigenvalue weighted by molar-refractivity contribution is 8.00. The van der Waals surface area contributed by atoms with Crippen LogP contribution in [0.25, 0.3) is 0 Å². The molecule has 0 saturated carbocycles. The minimum Gasteiger partial charge on any atom is -0.324 e. The van der Waals surface area contributed by atoms with E-state index in [1.165, 1.54) is 5.56 Å². The molecule has 104 valence electrons. The van der Waals surface area contributed by atoms with Crippen LogP contribution in [0, 0.1) is 0 Å². The van der Waals surface area contributed by atoms with Gasteiger partial charge in [-0.15, -0.1) is 16.9 Å². The summed E-state index contributed by atoms with van der Waals surface area (Å²) in [6.07, 6.45) is 1.94. The highest BCUT2D eigenvalue weighted by Crippen LogP contribution is 2.36. The van der Waals surface area contributed by atoms with E-state index in [0.717, 1.165) is 5.69 Å². The monoisotopic (exact) mass is 288 g/mol. The van der Waals surface area contributed by atoms with E-state index in [-0.39, 0.29) is 11.3 Å². The van der Waals surface area contributed by atoms with Crippen LogP contribution in [0.2, 0.25) is 0 Å². The second-order valence-corrected chi connectivity index (χ2v) is 5.74. The molecule has 1 atom stereocenters. The lowest BCUT2D eigenvalue weighted by molar-refractivity contribution is -0.127. The van der Waals surface area contributed by atoms with Crippen LogP contribution in [0.15, 0.2) is 36.5 Å². The van der Waals surface area contributed by atoms with Crippen LogP contribution in [0.5, 0.6) is 0 Å². The molecule has 6 heteroatoms. The highest BCUT2D eigenvalue weighted by atomic mass is 32.2. The Kier molecular flexibility index (Phi) is 3.73. The molecular weight excluding hydrogens is 272 g/mol. The number of benzene rings is 1. The summed E-state index contributed by atoms with van der Waals surface area (Å²) in [5, 5.41) is 8.40. The quantitative estimate of drug-likeness (QED) is 0.862. The smallest absolute Gasteiger partial charge is 0.233 e. The second-order valence-electron chi connectivity index (χ2n) is 4.67. The molecule has 1 saturated heterocycles. The van der Waals surface area contributed by atoms with Gasteiger partial charge in [0.15, 0.2) is 0 Å². The molecular formula is C14H16N4OS. The van der Waals surface area contributed by atoms with Crippen molar-refractivity contribution >= 4 is 17.7 Å². The van der Waals surface area contributed by atoms with Crippen molar-refractivity contribution in [1.82, 2.24) is 19.9 Å². The van der Waals surface area contributed by atoms with Crippen LogP contribution >= 0.6 is 11.8 Å². The third-order valence-electron chi connectivity index (χ3n) is 3.31. The molecule has 1 aromatic carbocycles. The van der Waals surface area contributed by atoms with Crippen LogP contribution in [-0.2, 0) is 11.3 Å². The average molecular weight is 288 g/mol. The molecule has 1 aromatic heterocycles. The molecule has 2 aromatic rings. The first-order chi connectivity index (χ1) is 9.78. The van der Waals surface area contributed by atoms with E-state index >= 15 is 0 Å². The molecule has 2 heterocycles. The predicted molar refractivity (Wildman–Crippen MR) is 78.2 cm³/mol. The Labute approximate surface area is 122 Å². The Bertz CT molecular complexity index is 598. The molecule has 1 fully saturated rings. The zero-order valence-corrected chi connectivity index (χ0v) is 12.1. The number of rotatable bonds is 4. The van der Waals surface area contributed by atoms with Crippen molar-refractivity contribution in [1.29, 1.82) is 0 Å². The van der Waals surface area contributed by atoms with Crippen LogP contribution in [0.3, 0.4) is 0 Å². The molecule has 20 heavy (non-hydrogen) atoms. The van der Waals surface area contributed by atoms with Gasteiger partial charge < -0.3 is 4.90 Å². The second kappa shape index (κ2) is 5.66. The van der Waals surface area contributed by atoms with Crippen molar-refractivity contribution in [3.05, 3.63) is 47.8 Å². The molecule has 0 N–H and O–H groups in total. The van der Waals surface area contributed by atoms with Gasteiger partial charge in [0.05, 0.1) is 18.5 Å². The maximum Gasteiger partial charge on any atom is 0.233 e. The van der Waals surface area contributed by atoms with Crippen molar-refractivity contribution in [2.24, 2.45) is 0 Å². The zero-order chi connectivity index (χ0) is 13.9. The first kappa shape index (κ1) is 13.2. The molecule has 5 nitrogen and oxygen atoms in total. The Morgan fingerprint density at radius 3 is 2.90 bits per heavy atom. The summed E-state index contributed by atoms with van der Waals surface area (Å²) in [7, 11) is 0. The summed E-state index contributed by atoms with van der Waals surface area (Å²) in [5.74, 6) is 0.712. The molecule has 0 spiro atoms. The number of nitrogens with zero attached hydrogens (tertiary/aromatic N) is 4. The topological polar surface area (TPSA) is 51.0 Å². The third-order valence-corrected chi connectivity index (χ3v) is 4.53. The minimum absolute atomic E-state index is 0.0111. The summed E-state index contributed by atoms with van der Waals surface area (Å²) < 4.78 is 1.82. The van der Waals surface area contributed by atoms with E-state index in [1.54, 1.807) is 11.8 Å². The molecule has 1 aliphatic heterocycles. The van der Waals surface area contributed by atoms with Gasteiger partial charge in [-0.3, -0.25) is 4.79 Å². The molecule has 1 amide bonds. The Balaban J connectivity index is 1.75. The minimum atomic E-state index is 0.0111. The molecule has 0 unspecified atom stereocenters. The average Bonchev–Trinajstić information content (AvgIpc) is 3.06. The highest BCUT2D eigenvalue weighted by Gasteiger charge is 2.33. The first-order valence-corrected chi connectivity index (χ1v) is 7.68. The van der Waals surface area contributed by atoms with Crippen molar-refractivity contribution in [3.8, 4) is 0 Å². The maximum absolute atomic E-state index is 11.7.